The molecule has 1 aliphatic heterocycles. The molecule has 2 aromatic rings. The molecule has 0 radical (unpaired) electrons. The Hall–Kier alpha value is -1.98. The van der Waals surface area contributed by atoms with Gasteiger partial charge in [-0.1, -0.05) is 31.2 Å². The molecule has 0 atom stereocenters. The van der Waals surface area contributed by atoms with E-state index >= 15 is 0 Å². The van der Waals surface area contributed by atoms with E-state index in [-0.39, 0.29) is 5.91 Å². The van der Waals surface area contributed by atoms with Crippen molar-refractivity contribution in [3.63, 3.8) is 0 Å². The maximum atomic E-state index is 12.7. The first-order valence-electron chi connectivity index (χ1n) is 9.18. The maximum absolute atomic E-state index is 12.7. The van der Waals surface area contributed by atoms with Gasteiger partial charge in [-0.3, -0.25) is 9.69 Å². The first-order chi connectivity index (χ1) is 12.8. The zero-order valence-corrected chi connectivity index (χ0v) is 16.1. The summed E-state index contributed by atoms with van der Waals surface area (Å²) in [6.07, 6.45) is 0.943. The van der Waals surface area contributed by atoms with E-state index in [1.807, 2.05) is 48.2 Å². The number of amides is 1. The van der Waals surface area contributed by atoms with Gasteiger partial charge in [0, 0.05) is 42.4 Å². The molecular formula is C21H26N2O2S. The molecule has 138 valence electrons. The average Bonchev–Trinajstić information content (AvgIpc) is 2.69. The molecule has 26 heavy (non-hydrogen) atoms. The number of nitrogens with zero attached hydrogens (tertiary/aromatic N) is 1. The van der Waals surface area contributed by atoms with Crippen LogP contribution in [0.3, 0.4) is 0 Å². The van der Waals surface area contributed by atoms with Gasteiger partial charge in [0.2, 0.25) is 0 Å². The number of hydrogen-bond acceptors (Lipinski definition) is 4. The number of ether oxygens (including phenoxy) is 1. The Morgan fingerprint density at radius 3 is 2.77 bits per heavy atom. The van der Waals surface area contributed by atoms with E-state index in [0.717, 1.165) is 43.1 Å². The summed E-state index contributed by atoms with van der Waals surface area (Å²) in [5, 5.41) is 3.07. The van der Waals surface area contributed by atoms with Crippen molar-refractivity contribution in [2.75, 3.05) is 36.5 Å². The van der Waals surface area contributed by atoms with Crippen LogP contribution in [-0.2, 0) is 6.54 Å². The van der Waals surface area contributed by atoms with Crippen molar-refractivity contribution in [2.45, 2.75) is 19.9 Å². The Labute approximate surface area is 159 Å². The number of para-hydroxylation sites is 1. The topological polar surface area (TPSA) is 41.6 Å². The van der Waals surface area contributed by atoms with Crippen molar-refractivity contribution in [1.29, 1.82) is 0 Å². The average molecular weight is 371 g/mol. The normalized spacial score (nSPS) is 14.8. The molecule has 0 aliphatic carbocycles. The van der Waals surface area contributed by atoms with Crippen LogP contribution < -0.4 is 10.1 Å². The SMILES string of the molecule is CCCOc1cccc(C(=O)Nc2ccccc2CN2CCSCC2)c1. The number of carbonyl (C=O) groups excluding carboxylic acids is 1. The highest BCUT2D eigenvalue weighted by molar-refractivity contribution is 7.99. The van der Waals surface area contributed by atoms with Gasteiger partial charge in [0.05, 0.1) is 6.61 Å². The second kappa shape index (κ2) is 9.64. The van der Waals surface area contributed by atoms with E-state index in [1.165, 1.54) is 11.5 Å². The molecule has 0 aromatic heterocycles. The maximum Gasteiger partial charge on any atom is 0.255 e. The summed E-state index contributed by atoms with van der Waals surface area (Å²) in [4.78, 5) is 15.1. The standard InChI is InChI=1S/C21H26N2O2S/c1-2-12-25-19-8-5-7-17(15-19)21(24)22-20-9-4-3-6-18(20)16-23-10-13-26-14-11-23/h3-9,15H,2,10-14,16H2,1H3,(H,22,24). The molecule has 3 rings (SSSR count). The molecule has 5 heteroatoms. The summed E-state index contributed by atoms with van der Waals surface area (Å²) in [7, 11) is 0. The summed E-state index contributed by atoms with van der Waals surface area (Å²) in [5.74, 6) is 2.99. The van der Waals surface area contributed by atoms with Crippen molar-refractivity contribution >= 4 is 23.4 Å². The van der Waals surface area contributed by atoms with Gasteiger partial charge in [0.15, 0.2) is 0 Å². The second-order valence-electron chi connectivity index (χ2n) is 6.38. The van der Waals surface area contributed by atoms with Gasteiger partial charge in [-0.15, -0.1) is 0 Å². The van der Waals surface area contributed by atoms with Gasteiger partial charge in [-0.25, -0.2) is 0 Å². The minimum atomic E-state index is -0.103. The number of benzene rings is 2. The third-order valence-electron chi connectivity index (χ3n) is 4.33. The summed E-state index contributed by atoms with van der Waals surface area (Å²) in [5.41, 5.74) is 2.66. The van der Waals surface area contributed by atoms with Gasteiger partial charge in [0.25, 0.3) is 5.91 Å². The molecule has 0 spiro atoms. The Balaban J connectivity index is 1.69. The molecule has 0 bridgehead atoms. The fraction of sp³-hybridized carbons (Fsp3) is 0.381. The number of hydrogen-bond donors (Lipinski definition) is 1. The lowest BCUT2D eigenvalue weighted by Gasteiger charge is -2.27. The van der Waals surface area contributed by atoms with Crippen LogP contribution in [0, 0.1) is 0 Å². The van der Waals surface area contributed by atoms with Crippen LogP contribution in [0.5, 0.6) is 5.75 Å². The molecule has 1 heterocycles. The van der Waals surface area contributed by atoms with E-state index in [0.29, 0.717) is 12.2 Å². The number of anilines is 1. The second-order valence-corrected chi connectivity index (χ2v) is 7.60. The molecule has 2 aromatic carbocycles. The highest BCUT2D eigenvalue weighted by Crippen LogP contribution is 2.21. The van der Waals surface area contributed by atoms with Crippen LogP contribution in [-0.4, -0.2) is 42.0 Å². The zero-order chi connectivity index (χ0) is 18.2. The summed E-state index contributed by atoms with van der Waals surface area (Å²) >= 11 is 2.00. The van der Waals surface area contributed by atoms with E-state index < -0.39 is 0 Å². The number of rotatable bonds is 7. The van der Waals surface area contributed by atoms with Crippen LogP contribution in [0.1, 0.15) is 29.3 Å². The highest BCUT2D eigenvalue weighted by Gasteiger charge is 2.14. The fourth-order valence-corrected chi connectivity index (χ4v) is 3.90. The predicted molar refractivity (Wildman–Crippen MR) is 109 cm³/mol. The van der Waals surface area contributed by atoms with E-state index in [2.05, 4.69) is 23.2 Å². The third kappa shape index (κ3) is 5.26. The molecule has 1 aliphatic rings. The molecular weight excluding hydrogens is 344 g/mol. The molecule has 1 amide bonds. The van der Waals surface area contributed by atoms with Crippen molar-refractivity contribution in [1.82, 2.24) is 4.90 Å². The van der Waals surface area contributed by atoms with E-state index in [9.17, 15) is 4.79 Å². The van der Waals surface area contributed by atoms with Crippen molar-refractivity contribution in [2.24, 2.45) is 0 Å². The monoisotopic (exact) mass is 370 g/mol. The Morgan fingerprint density at radius 1 is 1.15 bits per heavy atom. The lowest BCUT2D eigenvalue weighted by Crippen LogP contribution is -2.32. The lowest BCUT2D eigenvalue weighted by molar-refractivity contribution is 0.102. The molecule has 0 unspecified atom stereocenters. The summed E-state index contributed by atoms with van der Waals surface area (Å²) in [6.45, 7) is 5.79. The number of thioether (sulfide) groups is 1. The largest absolute Gasteiger partial charge is 0.494 e. The van der Waals surface area contributed by atoms with Crippen LogP contribution in [0.4, 0.5) is 5.69 Å². The third-order valence-corrected chi connectivity index (χ3v) is 5.27. The number of carbonyl (C=O) groups is 1. The predicted octanol–water partition coefficient (Wildman–Crippen LogP) is 4.28. The minimum Gasteiger partial charge on any atom is -0.494 e. The van der Waals surface area contributed by atoms with Crippen molar-refractivity contribution in [3.8, 4) is 5.75 Å². The van der Waals surface area contributed by atoms with E-state index in [1.54, 1.807) is 6.07 Å². The van der Waals surface area contributed by atoms with E-state index in [4.69, 9.17) is 4.74 Å². The van der Waals surface area contributed by atoms with Gasteiger partial charge in [-0.2, -0.15) is 11.8 Å². The Kier molecular flexibility index (Phi) is 6.97. The fourth-order valence-electron chi connectivity index (χ4n) is 2.92. The minimum absolute atomic E-state index is 0.103. The van der Waals surface area contributed by atoms with Crippen LogP contribution in [0.2, 0.25) is 0 Å². The Bertz CT molecular complexity index is 729. The zero-order valence-electron chi connectivity index (χ0n) is 15.2. The molecule has 0 saturated carbocycles. The van der Waals surface area contributed by atoms with Crippen LogP contribution >= 0.6 is 11.8 Å². The van der Waals surface area contributed by atoms with Crippen LogP contribution in [0.15, 0.2) is 48.5 Å². The first-order valence-corrected chi connectivity index (χ1v) is 10.3. The molecule has 1 fully saturated rings. The quantitative estimate of drug-likeness (QED) is 0.790. The van der Waals surface area contributed by atoms with Gasteiger partial charge in [-0.05, 0) is 36.2 Å². The summed E-state index contributed by atoms with van der Waals surface area (Å²) in [6, 6.07) is 15.4. The molecule has 4 nitrogen and oxygen atoms in total. The lowest BCUT2D eigenvalue weighted by atomic mass is 10.1. The molecule has 1 saturated heterocycles. The van der Waals surface area contributed by atoms with Crippen molar-refractivity contribution in [3.05, 3.63) is 59.7 Å². The van der Waals surface area contributed by atoms with Gasteiger partial charge in [0.1, 0.15) is 5.75 Å². The van der Waals surface area contributed by atoms with Gasteiger partial charge >= 0.3 is 0 Å². The summed E-state index contributed by atoms with van der Waals surface area (Å²) < 4.78 is 5.63. The first kappa shape index (κ1) is 18.8. The van der Waals surface area contributed by atoms with Crippen LogP contribution in [0.25, 0.3) is 0 Å². The number of nitrogens with one attached hydrogen (secondary N) is 1. The smallest absolute Gasteiger partial charge is 0.255 e. The molecule has 1 N–H and O–H groups in total. The van der Waals surface area contributed by atoms with Gasteiger partial charge < -0.3 is 10.1 Å². The van der Waals surface area contributed by atoms with Crippen molar-refractivity contribution < 1.29 is 9.53 Å². The Morgan fingerprint density at radius 2 is 1.96 bits per heavy atom. The highest BCUT2D eigenvalue weighted by atomic mass is 32.2.